The third-order valence-electron chi connectivity index (χ3n) is 3.49. The fourth-order valence-electron chi connectivity index (χ4n) is 2.64. The van der Waals surface area contributed by atoms with E-state index >= 15 is 0 Å². The van der Waals surface area contributed by atoms with E-state index in [0.717, 1.165) is 10.6 Å². The quantitative estimate of drug-likeness (QED) is 0.745. The Balaban J connectivity index is 2.04. The number of halogens is 1. The molecular formula is C12H15FN2O6. The SMILES string of the molecule is CC1(C)OC2C(n3ccc(=O)[nH]c3=O)OC(F)(CO)C2O1. The molecule has 0 radical (unpaired) electrons. The van der Waals surface area contributed by atoms with Gasteiger partial charge in [0.25, 0.3) is 11.4 Å². The summed E-state index contributed by atoms with van der Waals surface area (Å²) in [5.74, 6) is -3.56. The monoisotopic (exact) mass is 302 g/mol. The van der Waals surface area contributed by atoms with Gasteiger partial charge in [0.1, 0.15) is 12.7 Å². The van der Waals surface area contributed by atoms with Gasteiger partial charge in [0.2, 0.25) is 0 Å². The number of alkyl halides is 1. The van der Waals surface area contributed by atoms with Crippen LogP contribution in [-0.2, 0) is 14.2 Å². The van der Waals surface area contributed by atoms with Gasteiger partial charge in [-0.3, -0.25) is 14.3 Å². The minimum atomic E-state index is -2.49. The van der Waals surface area contributed by atoms with Crippen LogP contribution in [0.4, 0.5) is 4.39 Å². The molecule has 9 heteroatoms. The number of aromatic amines is 1. The number of fused-ring (bicyclic) bond motifs is 1. The van der Waals surface area contributed by atoms with E-state index in [1.54, 1.807) is 13.8 Å². The number of aromatic nitrogens is 2. The van der Waals surface area contributed by atoms with E-state index in [4.69, 9.17) is 14.2 Å². The minimum Gasteiger partial charge on any atom is -0.390 e. The number of H-pyrrole nitrogens is 1. The van der Waals surface area contributed by atoms with Crippen LogP contribution in [0.3, 0.4) is 0 Å². The zero-order valence-electron chi connectivity index (χ0n) is 11.4. The Labute approximate surface area is 118 Å². The van der Waals surface area contributed by atoms with Gasteiger partial charge < -0.3 is 19.3 Å². The van der Waals surface area contributed by atoms with Gasteiger partial charge in [-0.15, -0.1) is 0 Å². The van der Waals surface area contributed by atoms with Crippen molar-refractivity contribution in [3.8, 4) is 0 Å². The van der Waals surface area contributed by atoms with Crippen molar-refractivity contribution in [2.75, 3.05) is 6.61 Å². The summed E-state index contributed by atoms with van der Waals surface area (Å²) in [6.07, 6.45) is -2.08. The van der Waals surface area contributed by atoms with Crippen LogP contribution in [0.25, 0.3) is 0 Å². The second-order valence-corrected chi connectivity index (χ2v) is 5.49. The van der Waals surface area contributed by atoms with E-state index in [-0.39, 0.29) is 0 Å². The summed E-state index contributed by atoms with van der Waals surface area (Å²) < 4.78 is 31.8. The average molecular weight is 302 g/mol. The molecule has 0 aliphatic carbocycles. The zero-order valence-corrected chi connectivity index (χ0v) is 11.4. The summed E-state index contributed by atoms with van der Waals surface area (Å²) in [4.78, 5) is 25.0. The Bertz CT molecular complexity index is 670. The Morgan fingerprint density at radius 1 is 1.38 bits per heavy atom. The van der Waals surface area contributed by atoms with E-state index in [1.165, 1.54) is 6.20 Å². The molecule has 4 unspecified atom stereocenters. The predicted octanol–water partition coefficient (Wildman–Crippen LogP) is -0.756. The summed E-state index contributed by atoms with van der Waals surface area (Å²) in [6, 6.07) is 1.11. The molecule has 0 aromatic carbocycles. The van der Waals surface area contributed by atoms with Gasteiger partial charge in [-0.05, 0) is 13.8 Å². The lowest BCUT2D eigenvalue weighted by Gasteiger charge is -2.27. The Kier molecular flexibility index (Phi) is 3.06. The molecule has 4 atom stereocenters. The molecule has 8 nitrogen and oxygen atoms in total. The fourth-order valence-corrected chi connectivity index (χ4v) is 2.64. The third-order valence-corrected chi connectivity index (χ3v) is 3.49. The van der Waals surface area contributed by atoms with Crippen LogP contribution in [0.1, 0.15) is 20.1 Å². The highest BCUT2D eigenvalue weighted by Crippen LogP contribution is 2.48. The maximum Gasteiger partial charge on any atom is 0.330 e. The highest BCUT2D eigenvalue weighted by atomic mass is 19.2. The lowest BCUT2D eigenvalue weighted by Crippen LogP contribution is -2.42. The molecule has 1 aromatic rings. The molecule has 0 bridgehead atoms. The maximum absolute atomic E-state index is 14.6. The van der Waals surface area contributed by atoms with Crippen molar-refractivity contribution in [3.63, 3.8) is 0 Å². The largest absolute Gasteiger partial charge is 0.390 e. The molecule has 3 rings (SSSR count). The van der Waals surface area contributed by atoms with Crippen molar-refractivity contribution in [2.45, 2.75) is 43.9 Å². The first-order valence-electron chi connectivity index (χ1n) is 6.40. The first kappa shape index (κ1) is 14.4. The highest BCUT2D eigenvalue weighted by Gasteiger charge is 2.64. The number of aliphatic hydroxyl groups excluding tert-OH is 1. The van der Waals surface area contributed by atoms with Gasteiger partial charge in [0.15, 0.2) is 18.1 Å². The first-order valence-corrected chi connectivity index (χ1v) is 6.40. The van der Waals surface area contributed by atoms with Gasteiger partial charge in [0, 0.05) is 12.3 Å². The summed E-state index contributed by atoms with van der Waals surface area (Å²) in [6.45, 7) is 2.24. The summed E-state index contributed by atoms with van der Waals surface area (Å²) in [5, 5.41) is 9.24. The second-order valence-electron chi connectivity index (χ2n) is 5.49. The van der Waals surface area contributed by atoms with Crippen LogP contribution in [0, 0.1) is 0 Å². The lowest BCUT2D eigenvalue weighted by molar-refractivity contribution is -0.265. The van der Waals surface area contributed by atoms with E-state index in [1.807, 2.05) is 0 Å². The van der Waals surface area contributed by atoms with Crippen LogP contribution in [0.5, 0.6) is 0 Å². The van der Waals surface area contributed by atoms with Crippen LogP contribution in [-0.4, -0.2) is 45.1 Å². The number of ether oxygens (including phenoxy) is 3. The molecule has 116 valence electrons. The molecule has 2 N–H and O–H groups in total. The maximum atomic E-state index is 14.6. The zero-order chi connectivity index (χ0) is 15.4. The molecule has 0 saturated carbocycles. The molecule has 2 aliphatic rings. The van der Waals surface area contributed by atoms with Crippen LogP contribution < -0.4 is 11.2 Å². The summed E-state index contributed by atoms with van der Waals surface area (Å²) in [5.41, 5.74) is -1.34. The van der Waals surface area contributed by atoms with Crippen LogP contribution in [0.15, 0.2) is 21.9 Å². The molecular weight excluding hydrogens is 287 g/mol. The topological polar surface area (TPSA) is 103 Å². The van der Waals surface area contributed by atoms with Gasteiger partial charge >= 0.3 is 5.69 Å². The predicted molar refractivity (Wildman–Crippen MR) is 66.2 cm³/mol. The van der Waals surface area contributed by atoms with Gasteiger partial charge in [-0.1, -0.05) is 0 Å². The van der Waals surface area contributed by atoms with Gasteiger partial charge in [-0.25, -0.2) is 9.18 Å². The Morgan fingerprint density at radius 3 is 2.71 bits per heavy atom. The van der Waals surface area contributed by atoms with E-state index in [9.17, 15) is 19.1 Å². The van der Waals surface area contributed by atoms with Crippen LogP contribution in [0.2, 0.25) is 0 Å². The number of rotatable bonds is 2. The van der Waals surface area contributed by atoms with Gasteiger partial charge in [0.05, 0.1) is 0 Å². The highest BCUT2D eigenvalue weighted by molar-refractivity contribution is 5.02. The molecule has 2 saturated heterocycles. The smallest absolute Gasteiger partial charge is 0.330 e. The molecule has 1 aromatic heterocycles. The van der Waals surface area contributed by atoms with Crippen molar-refractivity contribution in [1.82, 2.24) is 9.55 Å². The van der Waals surface area contributed by atoms with Crippen molar-refractivity contribution in [2.24, 2.45) is 0 Å². The first-order chi connectivity index (χ1) is 9.76. The number of nitrogens with one attached hydrogen (secondary N) is 1. The standard InChI is InChI=1S/C12H15FN2O6/c1-11(2)19-7-8(20-11)12(13,5-16)21-9(7)15-4-3-6(17)14-10(15)18/h3-4,7-9,16H,5H2,1-2H3,(H,14,17,18). The Morgan fingerprint density at radius 2 is 2.10 bits per heavy atom. The number of hydrogen-bond donors (Lipinski definition) is 2. The van der Waals surface area contributed by atoms with Crippen molar-refractivity contribution < 1.29 is 23.7 Å². The molecule has 3 heterocycles. The van der Waals surface area contributed by atoms with Crippen molar-refractivity contribution >= 4 is 0 Å². The van der Waals surface area contributed by atoms with Gasteiger partial charge in [-0.2, -0.15) is 0 Å². The molecule has 0 amide bonds. The second kappa shape index (κ2) is 4.47. The van der Waals surface area contributed by atoms with E-state index < -0.39 is 47.9 Å². The summed E-state index contributed by atoms with van der Waals surface area (Å²) in [7, 11) is 0. The average Bonchev–Trinajstić information content (AvgIpc) is 2.84. The summed E-state index contributed by atoms with van der Waals surface area (Å²) >= 11 is 0. The number of nitrogens with zero attached hydrogens (tertiary/aromatic N) is 1. The molecule has 21 heavy (non-hydrogen) atoms. The van der Waals surface area contributed by atoms with Crippen molar-refractivity contribution in [3.05, 3.63) is 33.1 Å². The Hall–Kier alpha value is -1.55. The number of aliphatic hydroxyl groups is 1. The fraction of sp³-hybridized carbons (Fsp3) is 0.667. The molecule has 0 spiro atoms. The lowest BCUT2D eigenvalue weighted by atomic mass is 10.1. The van der Waals surface area contributed by atoms with E-state index in [2.05, 4.69) is 4.98 Å². The molecule has 2 aliphatic heterocycles. The van der Waals surface area contributed by atoms with Crippen LogP contribution >= 0.6 is 0 Å². The molecule has 2 fully saturated rings. The normalized spacial score (nSPS) is 37.6. The van der Waals surface area contributed by atoms with Crippen molar-refractivity contribution in [1.29, 1.82) is 0 Å². The third kappa shape index (κ3) is 2.22. The number of hydrogen-bond acceptors (Lipinski definition) is 6. The van der Waals surface area contributed by atoms with E-state index in [0.29, 0.717) is 0 Å². The minimum absolute atomic E-state index is 0.580.